The SMILES string of the molecule is O=C(CCC1CC1)N1CCOC(c2nccs2)C1. The second-order valence-electron chi connectivity index (χ2n) is 5.05. The lowest BCUT2D eigenvalue weighted by Gasteiger charge is -2.32. The Morgan fingerprint density at radius 2 is 2.44 bits per heavy atom. The van der Waals surface area contributed by atoms with Gasteiger partial charge >= 0.3 is 0 Å². The Hall–Kier alpha value is -0.940. The Bertz CT molecular complexity index is 403. The molecule has 1 saturated heterocycles. The molecule has 98 valence electrons. The number of rotatable bonds is 4. The predicted octanol–water partition coefficient (Wildman–Crippen LogP) is 2.23. The van der Waals surface area contributed by atoms with Crippen molar-refractivity contribution in [2.45, 2.75) is 31.8 Å². The van der Waals surface area contributed by atoms with Crippen LogP contribution in [0.1, 0.15) is 36.8 Å². The number of carbonyl (C=O) groups excluding carboxylic acids is 1. The Labute approximate surface area is 111 Å². The standard InChI is InChI=1S/C13H18N2O2S/c16-12(4-3-10-1-2-10)15-6-7-17-11(9-15)13-14-5-8-18-13/h5,8,10-11H,1-4,6-7,9H2. The van der Waals surface area contributed by atoms with Gasteiger partial charge in [0.2, 0.25) is 5.91 Å². The molecule has 1 aliphatic carbocycles. The zero-order valence-electron chi connectivity index (χ0n) is 10.4. The second-order valence-corrected chi connectivity index (χ2v) is 5.98. The van der Waals surface area contributed by atoms with Gasteiger partial charge in [-0.05, 0) is 12.3 Å². The van der Waals surface area contributed by atoms with Crippen molar-refractivity contribution in [3.63, 3.8) is 0 Å². The fourth-order valence-electron chi connectivity index (χ4n) is 2.31. The van der Waals surface area contributed by atoms with E-state index in [0.29, 0.717) is 19.6 Å². The molecule has 2 aliphatic rings. The molecule has 1 atom stereocenters. The third-order valence-corrected chi connectivity index (χ3v) is 4.48. The molecule has 18 heavy (non-hydrogen) atoms. The van der Waals surface area contributed by atoms with Crippen LogP contribution in [0.15, 0.2) is 11.6 Å². The quantitative estimate of drug-likeness (QED) is 0.839. The molecule has 0 bridgehead atoms. The molecule has 1 aromatic heterocycles. The van der Waals surface area contributed by atoms with Crippen LogP contribution < -0.4 is 0 Å². The summed E-state index contributed by atoms with van der Waals surface area (Å²) in [4.78, 5) is 18.3. The van der Waals surface area contributed by atoms with Crippen LogP contribution in [0, 0.1) is 5.92 Å². The summed E-state index contributed by atoms with van der Waals surface area (Å²) in [5, 5.41) is 2.93. The molecule has 3 rings (SSSR count). The largest absolute Gasteiger partial charge is 0.367 e. The first-order valence-electron chi connectivity index (χ1n) is 6.61. The Kier molecular flexibility index (Phi) is 3.61. The van der Waals surface area contributed by atoms with Crippen LogP contribution in [0.3, 0.4) is 0 Å². The zero-order chi connectivity index (χ0) is 12.4. The van der Waals surface area contributed by atoms with Crippen LogP contribution in [0.2, 0.25) is 0 Å². The summed E-state index contributed by atoms with van der Waals surface area (Å²) in [6, 6.07) is 0. The summed E-state index contributed by atoms with van der Waals surface area (Å²) in [6.45, 7) is 2.02. The van der Waals surface area contributed by atoms with Crippen molar-refractivity contribution in [1.82, 2.24) is 9.88 Å². The average Bonchev–Trinajstić information content (AvgIpc) is 3.08. The normalized spacial score (nSPS) is 24.2. The monoisotopic (exact) mass is 266 g/mol. The molecule has 0 radical (unpaired) electrons. The number of carbonyl (C=O) groups is 1. The minimum atomic E-state index is -0.0244. The summed E-state index contributed by atoms with van der Waals surface area (Å²) in [5.74, 6) is 1.11. The van der Waals surface area contributed by atoms with Gasteiger partial charge in [0, 0.05) is 24.5 Å². The van der Waals surface area contributed by atoms with Gasteiger partial charge in [0.05, 0.1) is 13.2 Å². The number of nitrogens with zero attached hydrogens (tertiary/aromatic N) is 2. The zero-order valence-corrected chi connectivity index (χ0v) is 11.2. The number of hydrogen-bond acceptors (Lipinski definition) is 4. The van der Waals surface area contributed by atoms with Crippen molar-refractivity contribution in [2.75, 3.05) is 19.7 Å². The van der Waals surface area contributed by atoms with E-state index < -0.39 is 0 Å². The van der Waals surface area contributed by atoms with E-state index in [9.17, 15) is 4.79 Å². The summed E-state index contributed by atoms with van der Waals surface area (Å²) in [6.07, 6.45) is 6.17. The van der Waals surface area contributed by atoms with E-state index >= 15 is 0 Å². The molecule has 1 aromatic rings. The van der Waals surface area contributed by atoms with Crippen LogP contribution >= 0.6 is 11.3 Å². The molecule has 2 fully saturated rings. The van der Waals surface area contributed by atoms with Gasteiger partial charge in [0.1, 0.15) is 11.1 Å². The van der Waals surface area contributed by atoms with Gasteiger partial charge < -0.3 is 9.64 Å². The van der Waals surface area contributed by atoms with Gasteiger partial charge in [-0.15, -0.1) is 11.3 Å². The summed E-state index contributed by atoms with van der Waals surface area (Å²) >= 11 is 1.60. The van der Waals surface area contributed by atoms with Gasteiger partial charge in [-0.25, -0.2) is 4.98 Å². The van der Waals surface area contributed by atoms with Crippen LogP contribution in [0.4, 0.5) is 0 Å². The molecule has 0 aromatic carbocycles. The van der Waals surface area contributed by atoms with Gasteiger partial charge in [0.15, 0.2) is 0 Å². The van der Waals surface area contributed by atoms with Crippen molar-refractivity contribution < 1.29 is 9.53 Å². The Morgan fingerprint density at radius 3 is 3.17 bits per heavy atom. The molecular formula is C13H18N2O2S. The van der Waals surface area contributed by atoms with E-state index in [1.165, 1.54) is 12.8 Å². The number of morpholine rings is 1. The minimum absolute atomic E-state index is 0.0244. The highest BCUT2D eigenvalue weighted by molar-refractivity contribution is 7.09. The van der Waals surface area contributed by atoms with E-state index in [1.807, 2.05) is 10.3 Å². The van der Waals surface area contributed by atoms with Crippen LogP contribution in [-0.4, -0.2) is 35.5 Å². The number of thiazole rings is 1. The molecule has 0 N–H and O–H groups in total. The molecule has 4 nitrogen and oxygen atoms in total. The lowest BCUT2D eigenvalue weighted by molar-refractivity contribution is -0.139. The highest BCUT2D eigenvalue weighted by atomic mass is 32.1. The Morgan fingerprint density at radius 1 is 1.56 bits per heavy atom. The number of aromatic nitrogens is 1. The number of amides is 1. The molecule has 0 spiro atoms. The Balaban J connectivity index is 1.54. The molecule has 2 heterocycles. The number of ether oxygens (including phenoxy) is 1. The van der Waals surface area contributed by atoms with Crippen molar-refractivity contribution in [2.24, 2.45) is 5.92 Å². The van der Waals surface area contributed by atoms with Gasteiger partial charge in [-0.1, -0.05) is 12.8 Å². The first-order valence-corrected chi connectivity index (χ1v) is 7.49. The first kappa shape index (κ1) is 12.1. The molecular weight excluding hydrogens is 248 g/mol. The van der Waals surface area contributed by atoms with Crippen molar-refractivity contribution in [3.05, 3.63) is 16.6 Å². The lowest BCUT2D eigenvalue weighted by atomic mass is 10.2. The van der Waals surface area contributed by atoms with E-state index in [0.717, 1.165) is 23.9 Å². The van der Waals surface area contributed by atoms with E-state index in [1.54, 1.807) is 17.5 Å². The van der Waals surface area contributed by atoms with Crippen LogP contribution in [0.5, 0.6) is 0 Å². The van der Waals surface area contributed by atoms with E-state index in [2.05, 4.69) is 4.98 Å². The van der Waals surface area contributed by atoms with Gasteiger partial charge in [-0.3, -0.25) is 4.79 Å². The summed E-state index contributed by atoms with van der Waals surface area (Å²) in [7, 11) is 0. The predicted molar refractivity (Wildman–Crippen MR) is 69.3 cm³/mol. The minimum Gasteiger partial charge on any atom is -0.367 e. The second kappa shape index (κ2) is 5.36. The fourth-order valence-corrected chi connectivity index (χ4v) is 2.99. The average molecular weight is 266 g/mol. The smallest absolute Gasteiger partial charge is 0.222 e. The maximum Gasteiger partial charge on any atom is 0.222 e. The van der Waals surface area contributed by atoms with E-state index in [4.69, 9.17) is 4.74 Å². The first-order chi connectivity index (χ1) is 8.83. The molecule has 1 unspecified atom stereocenters. The van der Waals surface area contributed by atoms with Gasteiger partial charge in [-0.2, -0.15) is 0 Å². The number of hydrogen-bond donors (Lipinski definition) is 0. The molecule has 1 amide bonds. The maximum absolute atomic E-state index is 12.1. The maximum atomic E-state index is 12.1. The lowest BCUT2D eigenvalue weighted by Crippen LogP contribution is -2.42. The van der Waals surface area contributed by atoms with Crippen LogP contribution in [0.25, 0.3) is 0 Å². The summed E-state index contributed by atoms with van der Waals surface area (Å²) < 4.78 is 5.69. The van der Waals surface area contributed by atoms with Crippen molar-refractivity contribution >= 4 is 17.2 Å². The highest BCUT2D eigenvalue weighted by Crippen LogP contribution is 2.34. The van der Waals surface area contributed by atoms with Crippen molar-refractivity contribution in [3.8, 4) is 0 Å². The summed E-state index contributed by atoms with van der Waals surface area (Å²) in [5.41, 5.74) is 0. The molecule has 1 aliphatic heterocycles. The van der Waals surface area contributed by atoms with E-state index in [-0.39, 0.29) is 12.0 Å². The van der Waals surface area contributed by atoms with Gasteiger partial charge in [0.25, 0.3) is 0 Å². The third-order valence-electron chi connectivity index (χ3n) is 3.61. The molecule has 1 saturated carbocycles. The molecule has 5 heteroatoms. The fraction of sp³-hybridized carbons (Fsp3) is 0.692. The van der Waals surface area contributed by atoms with Crippen LogP contribution in [-0.2, 0) is 9.53 Å². The third kappa shape index (κ3) is 2.90. The van der Waals surface area contributed by atoms with Crippen molar-refractivity contribution in [1.29, 1.82) is 0 Å². The highest BCUT2D eigenvalue weighted by Gasteiger charge is 2.28. The topological polar surface area (TPSA) is 42.4 Å².